The molecule has 0 saturated carbocycles. The van der Waals surface area contributed by atoms with Gasteiger partial charge in [-0.2, -0.15) is 23.5 Å². The van der Waals surface area contributed by atoms with Gasteiger partial charge in [0.15, 0.2) is 0 Å². The lowest BCUT2D eigenvalue weighted by Crippen LogP contribution is -2.45. The molecule has 1 aromatic heterocycles. The van der Waals surface area contributed by atoms with Gasteiger partial charge < -0.3 is 4.57 Å². The monoisotopic (exact) mass is 272 g/mol. The van der Waals surface area contributed by atoms with E-state index in [1.54, 1.807) is 0 Å². The Hall–Kier alpha value is -0.170. The van der Waals surface area contributed by atoms with Gasteiger partial charge in [-0.25, -0.2) is 4.98 Å². The van der Waals surface area contributed by atoms with Crippen LogP contribution in [0.3, 0.4) is 0 Å². The Morgan fingerprint density at radius 3 is 3.12 bits per heavy atom. The lowest BCUT2D eigenvalue weighted by molar-refractivity contribution is 0.484. The normalized spacial score (nSPS) is 22.6. The third-order valence-electron chi connectivity index (χ3n) is 3.10. The molecule has 2 unspecified atom stereocenters. The number of imidazole rings is 1. The summed E-state index contributed by atoms with van der Waals surface area (Å²) < 4.78 is 2.08. The van der Waals surface area contributed by atoms with E-state index in [2.05, 4.69) is 15.0 Å². The summed E-state index contributed by atoms with van der Waals surface area (Å²) in [6.45, 7) is 0. The molecule has 2 heterocycles. The standard InChI is InChI=1S/C11H20N4S2/c1-15-5-4-13-11(15)3-2-9(14-12)10-8-16-6-7-17-10/h4-5,9-10,14H,2-3,6-8,12H2,1H3. The molecule has 2 atom stereocenters. The second-order valence-corrected chi connectivity index (χ2v) is 6.75. The van der Waals surface area contributed by atoms with E-state index in [-0.39, 0.29) is 0 Å². The van der Waals surface area contributed by atoms with E-state index < -0.39 is 0 Å². The number of thioether (sulfide) groups is 2. The van der Waals surface area contributed by atoms with E-state index in [4.69, 9.17) is 5.84 Å². The molecule has 4 nitrogen and oxygen atoms in total. The molecule has 2 rings (SSSR count). The van der Waals surface area contributed by atoms with Crippen LogP contribution in [0.2, 0.25) is 0 Å². The Morgan fingerprint density at radius 1 is 1.65 bits per heavy atom. The fraction of sp³-hybridized carbons (Fsp3) is 0.727. The molecule has 0 aromatic carbocycles. The van der Waals surface area contributed by atoms with Gasteiger partial charge in [0.1, 0.15) is 5.82 Å². The predicted molar refractivity (Wildman–Crippen MR) is 76.2 cm³/mol. The molecule has 17 heavy (non-hydrogen) atoms. The highest BCUT2D eigenvalue weighted by Crippen LogP contribution is 2.27. The Kier molecular flexibility index (Phi) is 5.21. The summed E-state index contributed by atoms with van der Waals surface area (Å²) in [4.78, 5) is 4.35. The SMILES string of the molecule is Cn1ccnc1CCC(NN)C1CSCCS1. The largest absolute Gasteiger partial charge is 0.338 e. The van der Waals surface area contributed by atoms with Crippen LogP contribution in [0.1, 0.15) is 12.2 Å². The van der Waals surface area contributed by atoms with Gasteiger partial charge in [-0.3, -0.25) is 11.3 Å². The van der Waals surface area contributed by atoms with Crippen LogP contribution in [0.5, 0.6) is 0 Å². The first-order valence-corrected chi connectivity index (χ1v) is 8.13. The summed E-state index contributed by atoms with van der Waals surface area (Å²) in [5, 5.41) is 0.638. The molecule has 1 aromatic rings. The predicted octanol–water partition coefficient (Wildman–Crippen LogP) is 1.03. The minimum Gasteiger partial charge on any atom is -0.338 e. The summed E-state index contributed by atoms with van der Waals surface area (Å²) in [6.07, 6.45) is 5.89. The van der Waals surface area contributed by atoms with Crippen LogP contribution in [0, 0.1) is 0 Å². The van der Waals surface area contributed by atoms with Crippen molar-refractivity contribution in [2.75, 3.05) is 17.3 Å². The van der Waals surface area contributed by atoms with Crippen molar-refractivity contribution in [3.05, 3.63) is 18.2 Å². The molecule has 3 N–H and O–H groups in total. The zero-order chi connectivity index (χ0) is 12.1. The van der Waals surface area contributed by atoms with Crippen molar-refractivity contribution < 1.29 is 0 Å². The molecule has 1 fully saturated rings. The highest BCUT2D eigenvalue weighted by Gasteiger charge is 2.23. The maximum atomic E-state index is 5.68. The summed E-state index contributed by atoms with van der Waals surface area (Å²) in [5.74, 6) is 10.5. The number of hydrogen-bond donors (Lipinski definition) is 2. The molecule has 0 spiro atoms. The number of aryl methyl sites for hydroxylation is 2. The van der Waals surface area contributed by atoms with E-state index in [1.807, 2.05) is 43.0 Å². The average molecular weight is 272 g/mol. The maximum Gasteiger partial charge on any atom is 0.108 e. The first-order valence-electron chi connectivity index (χ1n) is 5.93. The van der Waals surface area contributed by atoms with Crippen LogP contribution in [-0.2, 0) is 13.5 Å². The third kappa shape index (κ3) is 3.64. The summed E-state index contributed by atoms with van der Waals surface area (Å²) >= 11 is 4.08. The first-order chi connectivity index (χ1) is 8.31. The minimum absolute atomic E-state index is 0.393. The van der Waals surface area contributed by atoms with E-state index in [0.29, 0.717) is 11.3 Å². The van der Waals surface area contributed by atoms with Gasteiger partial charge in [-0.15, -0.1) is 0 Å². The molecule has 0 aliphatic carbocycles. The molecule has 0 amide bonds. The van der Waals surface area contributed by atoms with Gasteiger partial charge in [0.25, 0.3) is 0 Å². The molecule has 0 radical (unpaired) electrons. The fourth-order valence-corrected chi connectivity index (χ4v) is 4.95. The second kappa shape index (κ2) is 6.68. The highest BCUT2D eigenvalue weighted by atomic mass is 32.2. The number of aromatic nitrogens is 2. The van der Waals surface area contributed by atoms with Crippen LogP contribution in [0.4, 0.5) is 0 Å². The van der Waals surface area contributed by atoms with Crippen molar-refractivity contribution in [3.8, 4) is 0 Å². The van der Waals surface area contributed by atoms with Crippen molar-refractivity contribution in [1.29, 1.82) is 0 Å². The number of hydrogen-bond acceptors (Lipinski definition) is 5. The average Bonchev–Trinajstić information content (AvgIpc) is 2.77. The fourth-order valence-electron chi connectivity index (χ4n) is 2.04. The van der Waals surface area contributed by atoms with Crippen LogP contribution in [0.25, 0.3) is 0 Å². The number of hydrazine groups is 1. The van der Waals surface area contributed by atoms with Crippen molar-refractivity contribution in [2.24, 2.45) is 12.9 Å². The summed E-state index contributed by atoms with van der Waals surface area (Å²) in [6, 6.07) is 0.393. The Labute approximate surface area is 111 Å². The minimum atomic E-state index is 0.393. The van der Waals surface area contributed by atoms with E-state index in [1.165, 1.54) is 17.3 Å². The molecular formula is C11H20N4S2. The van der Waals surface area contributed by atoms with E-state index in [9.17, 15) is 0 Å². The molecule has 6 heteroatoms. The van der Waals surface area contributed by atoms with Gasteiger partial charge in [-0.1, -0.05) is 0 Å². The van der Waals surface area contributed by atoms with Crippen molar-refractivity contribution in [2.45, 2.75) is 24.1 Å². The van der Waals surface area contributed by atoms with E-state index in [0.717, 1.165) is 18.7 Å². The van der Waals surface area contributed by atoms with Crippen LogP contribution in [-0.4, -0.2) is 38.1 Å². The summed E-state index contributed by atoms with van der Waals surface area (Å²) in [5.41, 5.74) is 2.98. The van der Waals surface area contributed by atoms with Gasteiger partial charge in [0, 0.05) is 54.4 Å². The lowest BCUT2D eigenvalue weighted by atomic mass is 10.1. The number of nitrogens with one attached hydrogen (secondary N) is 1. The highest BCUT2D eigenvalue weighted by molar-refractivity contribution is 8.06. The second-order valence-electron chi connectivity index (χ2n) is 4.25. The van der Waals surface area contributed by atoms with Gasteiger partial charge in [-0.05, 0) is 6.42 Å². The lowest BCUT2D eigenvalue weighted by Gasteiger charge is -2.28. The number of nitrogens with zero attached hydrogens (tertiary/aromatic N) is 2. The van der Waals surface area contributed by atoms with Gasteiger partial charge in [0.2, 0.25) is 0 Å². The van der Waals surface area contributed by atoms with Crippen molar-refractivity contribution >= 4 is 23.5 Å². The number of rotatable bonds is 5. The molecule has 1 saturated heterocycles. The number of nitrogens with two attached hydrogens (primary N) is 1. The quantitative estimate of drug-likeness (QED) is 0.619. The zero-order valence-corrected chi connectivity index (χ0v) is 11.8. The molecule has 1 aliphatic rings. The molecule has 96 valence electrons. The summed E-state index contributed by atoms with van der Waals surface area (Å²) in [7, 11) is 2.04. The van der Waals surface area contributed by atoms with Crippen LogP contribution < -0.4 is 11.3 Å². The third-order valence-corrected chi connectivity index (χ3v) is 6.02. The Morgan fingerprint density at radius 2 is 2.53 bits per heavy atom. The van der Waals surface area contributed by atoms with E-state index >= 15 is 0 Å². The first kappa shape index (κ1) is 13.3. The molecule has 1 aliphatic heterocycles. The van der Waals surface area contributed by atoms with Crippen LogP contribution >= 0.6 is 23.5 Å². The van der Waals surface area contributed by atoms with Gasteiger partial charge in [0.05, 0.1) is 0 Å². The zero-order valence-electron chi connectivity index (χ0n) is 10.1. The Bertz CT molecular complexity index is 336. The Balaban J connectivity index is 1.84. The molecule has 0 bridgehead atoms. The van der Waals surface area contributed by atoms with Crippen molar-refractivity contribution in [3.63, 3.8) is 0 Å². The smallest absolute Gasteiger partial charge is 0.108 e. The topological polar surface area (TPSA) is 55.9 Å². The maximum absolute atomic E-state index is 5.68. The van der Waals surface area contributed by atoms with Gasteiger partial charge >= 0.3 is 0 Å². The molecular weight excluding hydrogens is 252 g/mol. The van der Waals surface area contributed by atoms with Crippen molar-refractivity contribution in [1.82, 2.24) is 15.0 Å². The van der Waals surface area contributed by atoms with Crippen LogP contribution in [0.15, 0.2) is 12.4 Å².